The van der Waals surface area contributed by atoms with Crippen molar-refractivity contribution in [3.05, 3.63) is 16.1 Å². The minimum Gasteiger partial charge on any atom is -0.323 e. The van der Waals surface area contributed by atoms with E-state index in [0.29, 0.717) is 0 Å². The van der Waals surface area contributed by atoms with E-state index in [-0.39, 0.29) is 6.04 Å². The first kappa shape index (κ1) is 11.7. The molecule has 2 N–H and O–H groups in total. The largest absolute Gasteiger partial charge is 0.323 e. The number of thiazole rings is 1. The maximum absolute atomic E-state index is 5.94. The second-order valence-corrected chi connectivity index (χ2v) is 6.89. The molecule has 1 atom stereocenters. The second-order valence-electron chi connectivity index (χ2n) is 5.80. The maximum Gasteiger partial charge on any atom is 0.0964 e. The average Bonchev–Trinajstić information content (AvgIpc) is 2.59. The molecule has 2 aliphatic rings. The first-order chi connectivity index (χ1) is 8.25. The lowest BCUT2D eigenvalue weighted by atomic mass is 9.65. The van der Waals surface area contributed by atoms with Crippen molar-refractivity contribution in [3.63, 3.8) is 0 Å². The van der Waals surface area contributed by atoms with Gasteiger partial charge in [0.2, 0.25) is 0 Å². The second kappa shape index (κ2) is 4.69. The summed E-state index contributed by atoms with van der Waals surface area (Å²) in [7, 11) is 0. The molecular weight excluding hydrogens is 228 g/mol. The van der Waals surface area contributed by atoms with Crippen LogP contribution < -0.4 is 5.73 Å². The lowest BCUT2D eigenvalue weighted by molar-refractivity contribution is 0.149. The summed E-state index contributed by atoms with van der Waals surface area (Å²) in [5.41, 5.74) is 5.94. The van der Waals surface area contributed by atoms with Crippen LogP contribution in [0.25, 0.3) is 0 Å². The van der Waals surface area contributed by atoms with Crippen LogP contribution in [0, 0.1) is 11.8 Å². The van der Waals surface area contributed by atoms with E-state index in [1.807, 2.05) is 17.5 Å². The van der Waals surface area contributed by atoms with Gasteiger partial charge in [0.15, 0.2) is 0 Å². The van der Waals surface area contributed by atoms with E-state index in [9.17, 15) is 0 Å². The summed E-state index contributed by atoms with van der Waals surface area (Å²) >= 11 is 1.87. The van der Waals surface area contributed by atoms with Crippen molar-refractivity contribution in [2.24, 2.45) is 17.6 Å². The molecule has 1 aromatic rings. The third kappa shape index (κ3) is 2.15. The molecule has 0 radical (unpaired) electrons. The van der Waals surface area contributed by atoms with E-state index >= 15 is 0 Å². The predicted octanol–water partition coefficient (Wildman–Crippen LogP) is 3.85. The summed E-state index contributed by atoms with van der Waals surface area (Å²) in [6.07, 6.45) is 10.6. The highest BCUT2D eigenvalue weighted by molar-refractivity contribution is 7.11. The molecular formula is C14H22N2S. The van der Waals surface area contributed by atoms with Gasteiger partial charge < -0.3 is 5.73 Å². The molecule has 0 amide bonds. The topological polar surface area (TPSA) is 38.9 Å². The van der Waals surface area contributed by atoms with Gasteiger partial charge in [0.05, 0.1) is 5.01 Å². The van der Waals surface area contributed by atoms with Crippen molar-refractivity contribution < 1.29 is 0 Å². The van der Waals surface area contributed by atoms with E-state index < -0.39 is 0 Å². The molecule has 3 heteroatoms. The molecule has 1 unspecified atom stereocenters. The van der Waals surface area contributed by atoms with E-state index in [1.165, 1.54) is 48.4 Å². The number of rotatable bonds is 4. The van der Waals surface area contributed by atoms with Crippen molar-refractivity contribution in [2.75, 3.05) is 0 Å². The SMILES string of the molecule is CC(N)c1cnc(C(C2CCC2)C2CCC2)s1. The van der Waals surface area contributed by atoms with Gasteiger partial charge in [-0.25, -0.2) is 4.98 Å². The van der Waals surface area contributed by atoms with Crippen molar-refractivity contribution in [1.82, 2.24) is 4.98 Å². The third-order valence-electron chi connectivity index (χ3n) is 4.59. The van der Waals surface area contributed by atoms with Crippen molar-refractivity contribution in [1.29, 1.82) is 0 Å². The zero-order chi connectivity index (χ0) is 11.8. The van der Waals surface area contributed by atoms with Crippen LogP contribution in [-0.2, 0) is 0 Å². The minimum absolute atomic E-state index is 0.143. The third-order valence-corrected chi connectivity index (χ3v) is 5.89. The van der Waals surface area contributed by atoms with Crippen molar-refractivity contribution in [3.8, 4) is 0 Å². The Morgan fingerprint density at radius 1 is 1.24 bits per heavy atom. The van der Waals surface area contributed by atoms with Gasteiger partial charge in [-0.2, -0.15) is 0 Å². The molecule has 0 saturated heterocycles. The molecule has 0 aliphatic heterocycles. The molecule has 2 fully saturated rings. The van der Waals surface area contributed by atoms with Gasteiger partial charge in [-0.1, -0.05) is 12.8 Å². The van der Waals surface area contributed by atoms with Crippen LogP contribution in [0.4, 0.5) is 0 Å². The molecule has 3 rings (SSSR count). The summed E-state index contributed by atoms with van der Waals surface area (Å²) in [5, 5.41) is 1.38. The summed E-state index contributed by atoms with van der Waals surface area (Å²) in [6.45, 7) is 2.05. The Balaban J connectivity index is 1.80. The Morgan fingerprint density at radius 3 is 2.18 bits per heavy atom. The molecule has 1 heterocycles. The summed E-state index contributed by atoms with van der Waals surface area (Å²) < 4.78 is 0. The lowest BCUT2D eigenvalue weighted by Gasteiger charge is -2.41. The molecule has 94 valence electrons. The Hall–Kier alpha value is -0.410. The van der Waals surface area contributed by atoms with E-state index in [4.69, 9.17) is 5.73 Å². The van der Waals surface area contributed by atoms with Crippen LogP contribution in [0.15, 0.2) is 6.20 Å². The Morgan fingerprint density at radius 2 is 1.82 bits per heavy atom. The smallest absolute Gasteiger partial charge is 0.0964 e. The number of hydrogen-bond acceptors (Lipinski definition) is 3. The Kier molecular flexibility index (Phi) is 3.22. The van der Waals surface area contributed by atoms with Crippen LogP contribution in [0.2, 0.25) is 0 Å². The van der Waals surface area contributed by atoms with Crippen molar-refractivity contribution >= 4 is 11.3 Å². The van der Waals surface area contributed by atoms with Gasteiger partial charge >= 0.3 is 0 Å². The Labute approximate surface area is 108 Å². The zero-order valence-corrected chi connectivity index (χ0v) is 11.4. The standard InChI is InChI=1S/C14H22N2S/c1-9(15)12-8-16-14(17-12)13(10-4-2-5-10)11-6-3-7-11/h8-11,13H,2-7,15H2,1H3. The fraction of sp³-hybridized carbons (Fsp3) is 0.786. The fourth-order valence-corrected chi connectivity index (χ4v) is 4.21. The summed E-state index contributed by atoms with van der Waals surface area (Å²) in [6, 6.07) is 0.143. The number of nitrogens with zero attached hydrogens (tertiary/aromatic N) is 1. The molecule has 17 heavy (non-hydrogen) atoms. The lowest BCUT2D eigenvalue weighted by Crippen LogP contribution is -2.30. The van der Waals surface area contributed by atoms with Gasteiger partial charge in [0.1, 0.15) is 0 Å². The molecule has 1 aromatic heterocycles. The first-order valence-corrected chi connectivity index (χ1v) is 7.78. The molecule has 2 saturated carbocycles. The van der Waals surface area contributed by atoms with Crippen LogP contribution in [-0.4, -0.2) is 4.98 Å². The monoisotopic (exact) mass is 250 g/mol. The molecule has 0 bridgehead atoms. The van der Waals surface area contributed by atoms with E-state index in [1.54, 1.807) is 0 Å². The zero-order valence-electron chi connectivity index (χ0n) is 10.6. The number of hydrogen-bond donors (Lipinski definition) is 1. The normalized spacial score (nSPS) is 23.5. The van der Waals surface area contributed by atoms with E-state index in [0.717, 1.165) is 17.8 Å². The maximum atomic E-state index is 5.94. The summed E-state index contributed by atoms with van der Waals surface area (Å²) in [4.78, 5) is 5.94. The van der Waals surface area contributed by atoms with Crippen LogP contribution >= 0.6 is 11.3 Å². The molecule has 2 aliphatic carbocycles. The highest BCUT2D eigenvalue weighted by Gasteiger charge is 2.38. The first-order valence-electron chi connectivity index (χ1n) is 6.97. The predicted molar refractivity (Wildman–Crippen MR) is 72.1 cm³/mol. The highest BCUT2D eigenvalue weighted by atomic mass is 32.1. The number of aromatic nitrogens is 1. The average molecular weight is 250 g/mol. The molecule has 2 nitrogen and oxygen atoms in total. The van der Waals surface area contributed by atoms with E-state index in [2.05, 4.69) is 11.9 Å². The Bertz CT molecular complexity index is 363. The fourth-order valence-electron chi connectivity index (χ4n) is 3.05. The van der Waals surface area contributed by atoms with Gasteiger partial charge in [0, 0.05) is 23.0 Å². The quantitative estimate of drug-likeness (QED) is 0.881. The van der Waals surface area contributed by atoms with Crippen LogP contribution in [0.3, 0.4) is 0 Å². The molecule has 0 spiro atoms. The minimum atomic E-state index is 0.143. The van der Waals surface area contributed by atoms with Crippen LogP contribution in [0.1, 0.15) is 67.3 Å². The van der Waals surface area contributed by atoms with Gasteiger partial charge in [-0.3, -0.25) is 0 Å². The van der Waals surface area contributed by atoms with Crippen LogP contribution in [0.5, 0.6) is 0 Å². The van der Waals surface area contributed by atoms with Gasteiger partial charge in [-0.05, 0) is 44.4 Å². The van der Waals surface area contributed by atoms with Gasteiger partial charge in [-0.15, -0.1) is 11.3 Å². The van der Waals surface area contributed by atoms with Gasteiger partial charge in [0.25, 0.3) is 0 Å². The summed E-state index contributed by atoms with van der Waals surface area (Å²) in [5.74, 6) is 2.61. The van der Waals surface area contributed by atoms with Crippen molar-refractivity contribution in [2.45, 2.75) is 57.4 Å². The highest BCUT2D eigenvalue weighted by Crippen LogP contribution is 2.50. The molecule has 0 aromatic carbocycles. The number of nitrogens with two attached hydrogens (primary N) is 1.